The number of amides is 1. The van der Waals surface area contributed by atoms with Crippen molar-refractivity contribution in [1.82, 2.24) is 10.6 Å². The summed E-state index contributed by atoms with van der Waals surface area (Å²) in [7, 11) is 0. The van der Waals surface area contributed by atoms with Gasteiger partial charge in [-0.1, -0.05) is 18.6 Å². The monoisotopic (exact) mass is 264 g/mol. The summed E-state index contributed by atoms with van der Waals surface area (Å²) in [6.45, 7) is 4.87. The summed E-state index contributed by atoms with van der Waals surface area (Å²) in [6, 6.07) is 3.96. The molecule has 1 amide bonds. The molecule has 0 saturated heterocycles. The molecule has 0 unspecified atom stereocenters. The van der Waals surface area contributed by atoms with Crippen LogP contribution >= 0.6 is 11.3 Å². The van der Waals surface area contributed by atoms with E-state index in [0.717, 1.165) is 43.8 Å². The van der Waals surface area contributed by atoms with Crippen LogP contribution in [0.25, 0.3) is 0 Å². The van der Waals surface area contributed by atoms with Crippen molar-refractivity contribution in [2.45, 2.75) is 26.2 Å². The van der Waals surface area contributed by atoms with Crippen LogP contribution < -0.4 is 10.6 Å². The molecule has 1 aromatic rings. The second kappa shape index (κ2) is 6.71. The number of carbonyl (C=O) groups is 1. The van der Waals surface area contributed by atoms with Crippen LogP contribution in [0.4, 0.5) is 0 Å². The van der Waals surface area contributed by atoms with Gasteiger partial charge in [-0.3, -0.25) is 4.79 Å². The maximum Gasteiger partial charge on any atom is 0.261 e. The third-order valence-corrected chi connectivity index (χ3v) is 4.35. The summed E-state index contributed by atoms with van der Waals surface area (Å²) in [5.74, 6) is 0.0641. The maximum atomic E-state index is 11.9. The smallest absolute Gasteiger partial charge is 0.261 e. The molecule has 1 aromatic heterocycles. The molecule has 2 rings (SSSR count). The van der Waals surface area contributed by atoms with Crippen LogP contribution in [-0.4, -0.2) is 25.5 Å². The van der Waals surface area contributed by atoms with Crippen LogP contribution in [0.5, 0.6) is 0 Å². The van der Waals surface area contributed by atoms with Gasteiger partial charge in [0.2, 0.25) is 0 Å². The number of nitrogens with one attached hydrogen (secondary N) is 2. The fourth-order valence-electron chi connectivity index (χ4n) is 2.01. The van der Waals surface area contributed by atoms with Gasteiger partial charge in [-0.15, -0.1) is 11.3 Å². The first-order valence-electron chi connectivity index (χ1n) is 6.55. The van der Waals surface area contributed by atoms with Crippen LogP contribution in [0.1, 0.15) is 34.3 Å². The zero-order valence-electron chi connectivity index (χ0n) is 10.8. The molecule has 4 heteroatoms. The molecule has 18 heavy (non-hydrogen) atoms. The maximum absolute atomic E-state index is 11.9. The Hall–Kier alpha value is -1.13. The van der Waals surface area contributed by atoms with E-state index in [0.29, 0.717) is 0 Å². The molecule has 0 aliphatic carbocycles. The molecule has 2 N–H and O–H groups in total. The van der Waals surface area contributed by atoms with E-state index in [1.807, 2.05) is 12.1 Å². The molecule has 0 radical (unpaired) electrons. The number of hydrogen-bond acceptors (Lipinski definition) is 3. The molecule has 2 heterocycles. The van der Waals surface area contributed by atoms with E-state index in [2.05, 4.69) is 23.6 Å². The summed E-state index contributed by atoms with van der Waals surface area (Å²) < 4.78 is 0. The van der Waals surface area contributed by atoms with E-state index < -0.39 is 0 Å². The molecule has 0 spiro atoms. The molecule has 98 valence electrons. The zero-order chi connectivity index (χ0) is 12.8. The van der Waals surface area contributed by atoms with Crippen molar-refractivity contribution in [2.24, 2.45) is 0 Å². The molecule has 0 bridgehead atoms. The van der Waals surface area contributed by atoms with E-state index in [1.54, 1.807) is 11.3 Å². The van der Waals surface area contributed by atoms with Gasteiger partial charge >= 0.3 is 0 Å². The van der Waals surface area contributed by atoms with Crippen LogP contribution in [-0.2, 0) is 6.42 Å². The van der Waals surface area contributed by atoms with Crippen LogP contribution in [0.3, 0.4) is 0 Å². The number of hydrogen-bond donors (Lipinski definition) is 2. The number of thiophene rings is 1. The van der Waals surface area contributed by atoms with Gasteiger partial charge in [0.05, 0.1) is 4.88 Å². The lowest BCUT2D eigenvalue weighted by Crippen LogP contribution is -2.26. The first kappa shape index (κ1) is 13.3. The van der Waals surface area contributed by atoms with Crippen molar-refractivity contribution in [3.8, 4) is 0 Å². The highest BCUT2D eigenvalue weighted by molar-refractivity contribution is 7.14. The summed E-state index contributed by atoms with van der Waals surface area (Å²) in [5.41, 5.74) is 1.45. The van der Waals surface area contributed by atoms with Crippen molar-refractivity contribution in [2.75, 3.05) is 19.6 Å². The minimum absolute atomic E-state index is 0.0641. The second-order valence-corrected chi connectivity index (χ2v) is 5.61. The Labute approximate surface area is 112 Å². The number of rotatable bonds is 5. The third-order valence-electron chi connectivity index (χ3n) is 3.12. The predicted octanol–water partition coefficient (Wildman–Crippen LogP) is 2.35. The predicted molar refractivity (Wildman–Crippen MR) is 76.2 cm³/mol. The number of aryl methyl sites for hydroxylation is 1. The molecule has 0 aromatic carbocycles. The van der Waals surface area contributed by atoms with Gasteiger partial charge in [0.25, 0.3) is 5.91 Å². The third kappa shape index (κ3) is 3.68. The molecule has 0 atom stereocenters. The van der Waals surface area contributed by atoms with Crippen molar-refractivity contribution in [3.05, 3.63) is 33.5 Å². The fourth-order valence-corrected chi connectivity index (χ4v) is 2.87. The van der Waals surface area contributed by atoms with E-state index in [4.69, 9.17) is 0 Å². The molecule has 1 aliphatic rings. The second-order valence-electron chi connectivity index (χ2n) is 4.44. The standard InChI is InChI=1S/C14H20N2OS/c1-2-12-3-4-13(18-12)14(17)16-10-7-11-5-8-15-9-6-11/h3-5,15H,2,6-10H2,1H3,(H,16,17). The van der Waals surface area contributed by atoms with Crippen molar-refractivity contribution < 1.29 is 4.79 Å². The highest BCUT2D eigenvalue weighted by Crippen LogP contribution is 2.16. The molecule has 0 saturated carbocycles. The quantitative estimate of drug-likeness (QED) is 0.802. The average molecular weight is 264 g/mol. The minimum atomic E-state index is 0.0641. The minimum Gasteiger partial charge on any atom is -0.351 e. The van der Waals surface area contributed by atoms with Gasteiger partial charge in [-0.25, -0.2) is 0 Å². The lowest BCUT2D eigenvalue weighted by Gasteiger charge is -2.13. The fraction of sp³-hybridized carbons (Fsp3) is 0.500. The van der Waals surface area contributed by atoms with Crippen LogP contribution in [0, 0.1) is 0 Å². The van der Waals surface area contributed by atoms with Gasteiger partial charge in [0, 0.05) is 18.0 Å². The summed E-state index contributed by atoms with van der Waals surface area (Å²) >= 11 is 1.59. The Morgan fingerprint density at radius 1 is 1.50 bits per heavy atom. The molecular weight excluding hydrogens is 244 g/mol. The molecule has 0 fully saturated rings. The molecule has 3 nitrogen and oxygen atoms in total. The van der Waals surface area contributed by atoms with Crippen molar-refractivity contribution >= 4 is 17.2 Å². The lowest BCUT2D eigenvalue weighted by molar-refractivity contribution is 0.0958. The largest absolute Gasteiger partial charge is 0.351 e. The van der Waals surface area contributed by atoms with Gasteiger partial charge < -0.3 is 10.6 Å². The molecule has 1 aliphatic heterocycles. The Bertz CT molecular complexity index is 437. The first-order valence-corrected chi connectivity index (χ1v) is 7.36. The summed E-state index contributed by atoms with van der Waals surface area (Å²) in [6.07, 6.45) is 5.31. The SMILES string of the molecule is CCc1ccc(C(=O)NCCC2=CCNCC2)s1. The van der Waals surface area contributed by atoms with E-state index in [1.165, 1.54) is 10.5 Å². The van der Waals surface area contributed by atoms with Gasteiger partial charge in [0.1, 0.15) is 0 Å². The Morgan fingerprint density at radius 3 is 3.06 bits per heavy atom. The van der Waals surface area contributed by atoms with Crippen molar-refractivity contribution in [1.29, 1.82) is 0 Å². The Kier molecular flexibility index (Phi) is 4.96. The van der Waals surface area contributed by atoms with E-state index in [-0.39, 0.29) is 5.91 Å². The highest BCUT2D eigenvalue weighted by atomic mass is 32.1. The average Bonchev–Trinajstić information content (AvgIpc) is 2.89. The van der Waals surface area contributed by atoms with Crippen molar-refractivity contribution in [3.63, 3.8) is 0 Å². The Morgan fingerprint density at radius 2 is 2.39 bits per heavy atom. The molecular formula is C14H20N2OS. The summed E-state index contributed by atoms with van der Waals surface area (Å²) in [5, 5.41) is 6.28. The van der Waals surface area contributed by atoms with Gasteiger partial charge in [-0.2, -0.15) is 0 Å². The summed E-state index contributed by atoms with van der Waals surface area (Å²) in [4.78, 5) is 14.0. The van der Waals surface area contributed by atoms with Gasteiger partial charge in [-0.05, 0) is 37.9 Å². The Balaban J connectivity index is 1.76. The lowest BCUT2D eigenvalue weighted by atomic mass is 10.1. The van der Waals surface area contributed by atoms with Gasteiger partial charge in [0.15, 0.2) is 0 Å². The highest BCUT2D eigenvalue weighted by Gasteiger charge is 2.08. The zero-order valence-corrected chi connectivity index (χ0v) is 11.6. The van der Waals surface area contributed by atoms with Crippen LogP contribution in [0.15, 0.2) is 23.8 Å². The first-order chi connectivity index (χ1) is 8.79. The van der Waals surface area contributed by atoms with Crippen LogP contribution in [0.2, 0.25) is 0 Å². The topological polar surface area (TPSA) is 41.1 Å². The number of carbonyl (C=O) groups excluding carboxylic acids is 1. The van der Waals surface area contributed by atoms with E-state index in [9.17, 15) is 4.79 Å². The normalized spacial score (nSPS) is 15.3. The van der Waals surface area contributed by atoms with E-state index >= 15 is 0 Å².